The molecule has 0 atom stereocenters. The number of nitrogens with zero attached hydrogens (tertiary/aromatic N) is 2. The Kier molecular flexibility index (Phi) is 5.53. The van der Waals surface area contributed by atoms with Gasteiger partial charge in [0.1, 0.15) is 5.82 Å². The number of nitrogens with two attached hydrogens (primary N) is 1. The zero-order valence-electron chi connectivity index (χ0n) is 12.0. The number of hydrogen-bond donors (Lipinski definition) is 2. The summed E-state index contributed by atoms with van der Waals surface area (Å²) in [6.45, 7) is 2.78. The van der Waals surface area contributed by atoms with Crippen LogP contribution in [0.3, 0.4) is 0 Å². The number of rotatable bonds is 6. The van der Waals surface area contributed by atoms with Crippen molar-refractivity contribution in [2.45, 2.75) is 38.6 Å². The van der Waals surface area contributed by atoms with E-state index in [1.54, 1.807) is 6.07 Å². The van der Waals surface area contributed by atoms with Crippen LogP contribution in [0.1, 0.15) is 32.6 Å². The molecule has 21 heavy (non-hydrogen) atoms. The first-order valence-corrected chi connectivity index (χ1v) is 7.93. The number of pyridine rings is 1. The lowest BCUT2D eigenvalue weighted by atomic mass is 10.2. The molecular weight excluding hydrogens is 311 g/mol. The second kappa shape index (κ2) is 7.18. The molecule has 1 aliphatic rings. The van der Waals surface area contributed by atoms with Gasteiger partial charge in [-0.15, -0.1) is 0 Å². The molecule has 1 amide bonds. The van der Waals surface area contributed by atoms with Crippen molar-refractivity contribution in [2.24, 2.45) is 5.73 Å². The van der Waals surface area contributed by atoms with Crippen LogP contribution in [-0.4, -0.2) is 30.0 Å². The van der Waals surface area contributed by atoms with E-state index in [0.717, 1.165) is 25.7 Å². The van der Waals surface area contributed by atoms with Crippen molar-refractivity contribution in [1.29, 1.82) is 0 Å². The Balaban J connectivity index is 2.37. The molecular formula is C14H20Cl2N4O. The second-order valence-electron chi connectivity index (χ2n) is 5.19. The maximum atomic E-state index is 11.4. The summed E-state index contributed by atoms with van der Waals surface area (Å²) in [5.74, 6) is 0.758. The summed E-state index contributed by atoms with van der Waals surface area (Å²) >= 11 is 12.4. The Labute approximate surface area is 134 Å². The highest BCUT2D eigenvalue weighted by Gasteiger charge is 2.27. The summed E-state index contributed by atoms with van der Waals surface area (Å²) in [4.78, 5) is 17.8. The minimum Gasteiger partial charge on any atom is -0.369 e. The Morgan fingerprint density at radius 3 is 2.67 bits per heavy atom. The van der Waals surface area contributed by atoms with Crippen LogP contribution in [0.5, 0.6) is 0 Å². The zero-order valence-corrected chi connectivity index (χ0v) is 13.5. The molecule has 3 N–H and O–H groups in total. The van der Waals surface area contributed by atoms with Crippen LogP contribution in [-0.2, 0) is 4.79 Å². The predicted molar refractivity (Wildman–Crippen MR) is 87.2 cm³/mol. The number of nitrogens with one attached hydrogen (secondary N) is 1. The largest absolute Gasteiger partial charge is 0.369 e. The molecule has 116 valence electrons. The third-order valence-electron chi connectivity index (χ3n) is 3.62. The van der Waals surface area contributed by atoms with Crippen LogP contribution in [0.4, 0.5) is 11.6 Å². The standard InChI is InChI=1S/C14H20Cl2N4O/c1-2-18-13-10(15)7-11(16)14(19-13)20(8-12(17)21)9-5-3-4-6-9/h7,9H,2-6,8H2,1H3,(H2,17,21)(H,18,19). The molecule has 7 heteroatoms. The number of aromatic nitrogens is 1. The molecule has 0 aromatic carbocycles. The zero-order chi connectivity index (χ0) is 15.4. The number of primary amides is 1. The summed E-state index contributed by atoms with van der Waals surface area (Å²) in [5.41, 5.74) is 5.38. The van der Waals surface area contributed by atoms with E-state index >= 15 is 0 Å². The van der Waals surface area contributed by atoms with Crippen molar-refractivity contribution < 1.29 is 4.79 Å². The highest BCUT2D eigenvalue weighted by Crippen LogP contribution is 2.35. The van der Waals surface area contributed by atoms with E-state index in [1.165, 1.54) is 0 Å². The molecule has 5 nitrogen and oxygen atoms in total. The van der Waals surface area contributed by atoms with Gasteiger partial charge in [0.2, 0.25) is 5.91 Å². The highest BCUT2D eigenvalue weighted by molar-refractivity contribution is 6.37. The Hall–Kier alpha value is -1.20. The average molecular weight is 331 g/mol. The molecule has 0 unspecified atom stereocenters. The van der Waals surface area contributed by atoms with Crippen LogP contribution in [0.25, 0.3) is 0 Å². The summed E-state index contributed by atoms with van der Waals surface area (Å²) < 4.78 is 0. The highest BCUT2D eigenvalue weighted by atomic mass is 35.5. The quantitative estimate of drug-likeness (QED) is 0.840. The molecule has 0 spiro atoms. The van der Waals surface area contributed by atoms with Crippen molar-refractivity contribution in [2.75, 3.05) is 23.3 Å². The van der Waals surface area contributed by atoms with E-state index in [9.17, 15) is 4.79 Å². The second-order valence-corrected chi connectivity index (χ2v) is 6.00. The third kappa shape index (κ3) is 3.92. The van der Waals surface area contributed by atoms with E-state index in [4.69, 9.17) is 28.9 Å². The van der Waals surface area contributed by atoms with Crippen molar-refractivity contribution in [3.63, 3.8) is 0 Å². The van der Waals surface area contributed by atoms with Crippen molar-refractivity contribution in [3.8, 4) is 0 Å². The van der Waals surface area contributed by atoms with Crippen LogP contribution < -0.4 is 16.0 Å². The SMILES string of the molecule is CCNc1nc(N(CC(N)=O)C2CCCC2)c(Cl)cc1Cl. The first-order chi connectivity index (χ1) is 10.0. The third-order valence-corrected chi connectivity index (χ3v) is 4.19. The van der Waals surface area contributed by atoms with Gasteiger partial charge >= 0.3 is 0 Å². The fourth-order valence-corrected chi connectivity index (χ4v) is 3.24. The lowest BCUT2D eigenvalue weighted by Crippen LogP contribution is -2.41. The van der Waals surface area contributed by atoms with Gasteiger partial charge in [0.25, 0.3) is 0 Å². The van der Waals surface area contributed by atoms with Gasteiger partial charge in [0.05, 0.1) is 16.6 Å². The number of carbonyl (C=O) groups excluding carboxylic acids is 1. The average Bonchev–Trinajstić information content (AvgIpc) is 2.93. The van der Waals surface area contributed by atoms with Gasteiger partial charge < -0.3 is 16.0 Å². The lowest BCUT2D eigenvalue weighted by Gasteiger charge is -2.30. The maximum Gasteiger partial charge on any atom is 0.237 e. The Bertz CT molecular complexity index is 518. The monoisotopic (exact) mass is 330 g/mol. The first-order valence-electron chi connectivity index (χ1n) is 7.17. The van der Waals surface area contributed by atoms with E-state index in [-0.39, 0.29) is 18.5 Å². The Morgan fingerprint density at radius 1 is 1.43 bits per heavy atom. The molecule has 1 aromatic heterocycles. The molecule has 0 saturated heterocycles. The van der Waals surface area contributed by atoms with Crippen LogP contribution in [0.15, 0.2) is 6.07 Å². The number of amides is 1. The molecule has 0 aliphatic heterocycles. The molecule has 0 bridgehead atoms. The number of anilines is 2. The first kappa shape index (κ1) is 16.2. The van der Waals surface area contributed by atoms with Crippen LogP contribution in [0, 0.1) is 0 Å². The minimum absolute atomic E-state index is 0.116. The number of halogens is 2. The molecule has 1 fully saturated rings. The maximum absolute atomic E-state index is 11.4. The van der Waals surface area contributed by atoms with Crippen LogP contribution in [0.2, 0.25) is 10.0 Å². The van der Waals surface area contributed by atoms with Crippen molar-refractivity contribution in [3.05, 3.63) is 16.1 Å². The minimum atomic E-state index is -0.389. The fourth-order valence-electron chi connectivity index (χ4n) is 2.71. The normalized spacial score (nSPS) is 15.2. The van der Waals surface area contributed by atoms with Crippen molar-refractivity contribution in [1.82, 2.24) is 4.98 Å². The predicted octanol–water partition coefficient (Wildman–Crippen LogP) is 3.05. The van der Waals surface area contributed by atoms with Gasteiger partial charge in [-0.05, 0) is 25.8 Å². The fraction of sp³-hybridized carbons (Fsp3) is 0.571. The molecule has 0 radical (unpaired) electrons. The lowest BCUT2D eigenvalue weighted by molar-refractivity contribution is -0.116. The molecule has 1 aliphatic carbocycles. The number of carbonyl (C=O) groups is 1. The molecule has 1 aromatic rings. The van der Waals surface area contributed by atoms with E-state index in [0.29, 0.717) is 28.2 Å². The van der Waals surface area contributed by atoms with E-state index < -0.39 is 0 Å². The van der Waals surface area contributed by atoms with E-state index in [1.807, 2.05) is 11.8 Å². The van der Waals surface area contributed by atoms with Gasteiger partial charge in [-0.3, -0.25) is 4.79 Å². The summed E-state index contributed by atoms with van der Waals surface area (Å²) in [7, 11) is 0. The van der Waals surface area contributed by atoms with Gasteiger partial charge in [-0.2, -0.15) is 0 Å². The van der Waals surface area contributed by atoms with Gasteiger partial charge in [-0.25, -0.2) is 4.98 Å². The summed E-state index contributed by atoms with van der Waals surface area (Å²) in [5, 5.41) is 4.01. The molecule has 1 heterocycles. The van der Waals surface area contributed by atoms with Gasteiger partial charge in [0.15, 0.2) is 5.82 Å². The smallest absolute Gasteiger partial charge is 0.237 e. The van der Waals surface area contributed by atoms with E-state index in [2.05, 4.69) is 10.3 Å². The molecule has 1 saturated carbocycles. The molecule has 2 rings (SSSR count). The van der Waals surface area contributed by atoms with Gasteiger partial charge in [0, 0.05) is 12.6 Å². The summed E-state index contributed by atoms with van der Waals surface area (Å²) in [6, 6.07) is 1.91. The number of hydrogen-bond acceptors (Lipinski definition) is 4. The Morgan fingerprint density at radius 2 is 2.10 bits per heavy atom. The van der Waals surface area contributed by atoms with Gasteiger partial charge in [-0.1, -0.05) is 36.0 Å². The topological polar surface area (TPSA) is 71.2 Å². The summed E-state index contributed by atoms with van der Waals surface area (Å²) in [6.07, 6.45) is 4.32. The van der Waals surface area contributed by atoms with Crippen LogP contribution >= 0.6 is 23.2 Å². The van der Waals surface area contributed by atoms with Crippen molar-refractivity contribution >= 4 is 40.7 Å².